The van der Waals surface area contributed by atoms with Gasteiger partial charge in [0.2, 0.25) is 0 Å². The Balaban J connectivity index is 2.29. The summed E-state index contributed by atoms with van der Waals surface area (Å²) < 4.78 is 0. The second-order valence-electron chi connectivity index (χ2n) is 2.84. The zero-order chi connectivity index (χ0) is 10.1. The van der Waals surface area contributed by atoms with E-state index in [9.17, 15) is 9.59 Å². The normalized spacial score (nSPS) is 21.5. The van der Waals surface area contributed by atoms with E-state index in [0.717, 1.165) is 4.90 Å². The average molecular weight is 212 g/mol. The molecule has 1 aliphatic heterocycles. The van der Waals surface area contributed by atoms with Gasteiger partial charge in [-0.25, -0.2) is 9.69 Å². The Morgan fingerprint density at radius 3 is 2.86 bits per heavy atom. The van der Waals surface area contributed by atoms with Gasteiger partial charge in [-0.3, -0.25) is 4.79 Å². The molecular formula is C8H8N2O3S. The van der Waals surface area contributed by atoms with Gasteiger partial charge >= 0.3 is 6.03 Å². The predicted octanol–water partition coefficient (Wildman–Crippen LogP) is 0.165. The molecule has 5 nitrogen and oxygen atoms in total. The summed E-state index contributed by atoms with van der Waals surface area (Å²) in [6, 6.07) is 0.400. The van der Waals surface area contributed by atoms with Gasteiger partial charge in [0.1, 0.15) is 6.04 Å². The third-order valence-corrected chi connectivity index (χ3v) is 2.64. The lowest BCUT2D eigenvalue weighted by atomic mass is 10.3. The van der Waals surface area contributed by atoms with Gasteiger partial charge in [0.25, 0.3) is 5.91 Å². The molecule has 0 saturated carbocycles. The number of aliphatic hydroxyl groups is 1. The number of aliphatic hydroxyl groups excluding tert-OH is 1. The number of thiophene rings is 1. The first kappa shape index (κ1) is 9.17. The molecule has 1 atom stereocenters. The Morgan fingerprint density at radius 2 is 2.36 bits per heavy atom. The Kier molecular flexibility index (Phi) is 2.22. The van der Waals surface area contributed by atoms with Gasteiger partial charge in [0.05, 0.1) is 12.3 Å². The summed E-state index contributed by atoms with van der Waals surface area (Å²) in [4.78, 5) is 23.9. The van der Waals surface area contributed by atoms with Crippen LogP contribution in [0.25, 0.3) is 0 Å². The van der Waals surface area contributed by atoms with Crippen LogP contribution in [0.1, 0.15) is 0 Å². The van der Waals surface area contributed by atoms with Crippen molar-refractivity contribution in [3.05, 3.63) is 16.8 Å². The van der Waals surface area contributed by atoms with Crippen LogP contribution >= 0.6 is 11.3 Å². The molecule has 2 N–H and O–H groups in total. The van der Waals surface area contributed by atoms with Crippen molar-refractivity contribution < 1.29 is 14.7 Å². The van der Waals surface area contributed by atoms with Crippen molar-refractivity contribution in [1.29, 1.82) is 0 Å². The van der Waals surface area contributed by atoms with Crippen LogP contribution in [0.3, 0.4) is 0 Å². The number of carbonyl (C=O) groups is 2. The van der Waals surface area contributed by atoms with Gasteiger partial charge in [-0.1, -0.05) is 0 Å². The molecule has 1 saturated heterocycles. The molecular weight excluding hydrogens is 204 g/mol. The Labute approximate surface area is 84.0 Å². The molecule has 1 aliphatic rings. The highest BCUT2D eigenvalue weighted by molar-refractivity contribution is 7.08. The summed E-state index contributed by atoms with van der Waals surface area (Å²) >= 11 is 1.40. The van der Waals surface area contributed by atoms with Gasteiger partial charge < -0.3 is 10.4 Å². The Bertz CT molecular complexity index is 363. The highest BCUT2D eigenvalue weighted by atomic mass is 32.1. The largest absolute Gasteiger partial charge is 0.394 e. The molecule has 14 heavy (non-hydrogen) atoms. The molecule has 0 spiro atoms. The summed E-state index contributed by atoms with van der Waals surface area (Å²) in [6.07, 6.45) is 0. The SMILES string of the molecule is O=C1N[C@@H](CO)C(=O)N1c1ccsc1. The van der Waals surface area contributed by atoms with E-state index in [1.807, 2.05) is 0 Å². The van der Waals surface area contributed by atoms with Crippen molar-refractivity contribution in [2.75, 3.05) is 11.5 Å². The molecule has 0 aliphatic carbocycles. The van der Waals surface area contributed by atoms with Gasteiger partial charge in [-0.05, 0) is 11.4 Å². The second-order valence-corrected chi connectivity index (χ2v) is 3.62. The molecule has 0 bridgehead atoms. The van der Waals surface area contributed by atoms with Crippen LogP contribution in [0.15, 0.2) is 16.8 Å². The molecule has 6 heteroatoms. The molecule has 2 heterocycles. The molecule has 1 aromatic rings. The lowest BCUT2D eigenvalue weighted by Gasteiger charge is -2.09. The first-order valence-corrected chi connectivity index (χ1v) is 4.96. The van der Waals surface area contributed by atoms with E-state index in [4.69, 9.17) is 5.11 Å². The maximum Gasteiger partial charge on any atom is 0.329 e. The van der Waals surface area contributed by atoms with E-state index in [2.05, 4.69) is 5.32 Å². The highest BCUT2D eigenvalue weighted by Crippen LogP contribution is 2.21. The monoisotopic (exact) mass is 212 g/mol. The van der Waals surface area contributed by atoms with E-state index >= 15 is 0 Å². The zero-order valence-electron chi connectivity index (χ0n) is 7.14. The van der Waals surface area contributed by atoms with Crippen molar-refractivity contribution >= 4 is 29.0 Å². The van der Waals surface area contributed by atoms with Gasteiger partial charge in [-0.15, -0.1) is 0 Å². The van der Waals surface area contributed by atoms with Gasteiger partial charge in [0, 0.05) is 5.38 Å². The highest BCUT2D eigenvalue weighted by Gasteiger charge is 2.38. The summed E-state index contributed by atoms with van der Waals surface area (Å²) in [5, 5.41) is 14.7. The first-order chi connectivity index (χ1) is 6.74. The van der Waals surface area contributed by atoms with Crippen molar-refractivity contribution in [3.8, 4) is 0 Å². The van der Waals surface area contributed by atoms with Crippen molar-refractivity contribution in [1.82, 2.24) is 5.32 Å². The van der Waals surface area contributed by atoms with Crippen molar-refractivity contribution in [3.63, 3.8) is 0 Å². The van der Waals surface area contributed by atoms with Crippen LogP contribution in [0, 0.1) is 0 Å². The molecule has 0 radical (unpaired) electrons. The number of imide groups is 1. The Morgan fingerprint density at radius 1 is 1.57 bits per heavy atom. The van der Waals surface area contributed by atoms with Crippen LogP contribution in [0.5, 0.6) is 0 Å². The fourth-order valence-corrected chi connectivity index (χ4v) is 1.90. The first-order valence-electron chi connectivity index (χ1n) is 4.01. The molecule has 0 aromatic carbocycles. The molecule has 1 aromatic heterocycles. The third kappa shape index (κ3) is 1.28. The summed E-state index contributed by atoms with van der Waals surface area (Å²) in [7, 11) is 0. The smallest absolute Gasteiger partial charge is 0.329 e. The van der Waals surface area contributed by atoms with Crippen LogP contribution in [0.4, 0.5) is 10.5 Å². The molecule has 2 rings (SSSR count). The minimum absolute atomic E-state index is 0.370. The average Bonchev–Trinajstić information content (AvgIpc) is 2.74. The predicted molar refractivity (Wildman–Crippen MR) is 51.2 cm³/mol. The molecule has 1 fully saturated rings. The molecule has 3 amide bonds. The number of anilines is 1. The molecule has 74 valence electrons. The third-order valence-electron chi connectivity index (χ3n) is 1.97. The quantitative estimate of drug-likeness (QED) is 0.686. The Hall–Kier alpha value is -1.40. The number of amides is 3. The zero-order valence-corrected chi connectivity index (χ0v) is 7.95. The number of hydrogen-bond donors (Lipinski definition) is 2. The van der Waals surface area contributed by atoms with E-state index in [1.165, 1.54) is 11.3 Å². The maximum atomic E-state index is 11.5. The lowest BCUT2D eigenvalue weighted by Crippen LogP contribution is -2.33. The fraction of sp³-hybridized carbons (Fsp3) is 0.250. The van der Waals surface area contributed by atoms with Crippen molar-refractivity contribution in [2.45, 2.75) is 6.04 Å². The summed E-state index contributed by atoms with van der Waals surface area (Å²) in [5.41, 5.74) is 0.549. The maximum absolute atomic E-state index is 11.5. The van der Waals surface area contributed by atoms with Crippen LogP contribution in [-0.2, 0) is 4.79 Å². The van der Waals surface area contributed by atoms with E-state index in [-0.39, 0.29) is 6.61 Å². The fourth-order valence-electron chi connectivity index (χ4n) is 1.28. The van der Waals surface area contributed by atoms with Gasteiger partial charge in [0.15, 0.2) is 0 Å². The van der Waals surface area contributed by atoms with Crippen LogP contribution < -0.4 is 10.2 Å². The number of hydrogen-bond acceptors (Lipinski definition) is 4. The van der Waals surface area contributed by atoms with E-state index in [1.54, 1.807) is 16.8 Å². The summed E-state index contributed by atoms with van der Waals surface area (Å²) in [6.45, 7) is -0.370. The number of rotatable bonds is 2. The van der Waals surface area contributed by atoms with Crippen molar-refractivity contribution in [2.24, 2.45) is 0 Å². The van der Waals surface area contributed by atoms with Crippen LogP contribution in [-0.4, -0.2) is 29.7 Å². The van der Waals surface area contributed by atoms with Gasteiger partial charge in [-0.2, -0.15) is 11.3 Å². The topological polar surface area (TPSA) is 69.6 Å². The van der Waals surface area contributed by atoms with E-state index in [0.29, 0.717) is 5.69 Å². The standard InChI is InChI=1S/C8H8N2O3S/c11-3-6-7(12)10(8(13)9-6)5-1-2-14-4-5/h1-2,4,6,11H,3H2,(H,9,13)/t6-/m0/s1. The molecule has 0 unspecified atom stereocenters. The summed E-state index contributed by atoms with van der Waals surface area (Å²) in [5.74, 6) is -0.407. The number of carbonyl (C=O) groups excluding carboxylic acids is 2. The minimum atomic E-state index is -0.803. The minimum Gasteiger partial charge on any atom is -0.394 e. The second kappa shape index (κ2) is 3.39. The number of urea groups is 1. The van der Waals surface area contributed by atoms with Crippen LogP contribution in [0.2, 0.25) is 0 Å². The number of nitrogens with one attached hydrogen (secondary N) is 1. The van der Waals surface area contributed by atoms with E-state index < -0.39 is 18.0 Å². The number of nitrogens with zero attached hydrogens (tertiary/aromatic N) is 1. The lowest BCUT2D eigenvalue weighted by molar-refractivity contribution is -0.119.